The van der Waals surface area contributed by atoms with Crippen LogP contribution in [0.5, 0.6) is 0 Å². The van der Waals surface area contributed by atoms with Crippen LogP contribution in [-0.2, 0) is 35.7 Å². The third-order valence-electron chi connectivity index (χ3n) is 5.19. The smallest absolute Gasteiger partial charge is 0.333 e. The number of nitrogens with one attached hydrogen (secondary N) is 2. The lowest BCUT2D eigenvalue weighted by Crippen LogP contribution is -2.34. The van der Waals surface area contributed by atoms with E-state index in [-0.39, 0.29) is 11.3 Å². The van der Waals surface area contributed by atoms with Crippen LogP contribution < -0.4 is 10.0 Å². The molecule has 2 aromatic rings. The van der Waals surface area contributed by atoms with Gasteiger partial charge in [-0.3, -0.25) is 4.79 Å². The molecule has 0 bridgehead atoms. The molecule has 27 heavy (non-hydrogen) atoms. The second kappa shape index (κ2) is 6.53. The van der Waals surface area contributed by atoms with E-state index in [1.165, 1.54) is 18.1 Å². The van der Waals surface area contributed by atoms with Gasteiger partial charge < -0.3 is 9.73 Å². The molecule has 0 saturated heterocycles. The molecule has 142 valence electrons. The zero-order valence-corrected chi connectivity index (χ0v) is 15.7. The van der Waals surface area contributed by atoms with Crippen molar-refractivity contribution < 1.29 is 22.4 Å². The molecule has 0 spiro atoms. The molecule has 8 heteroatoms. The monoisotopic (exact) mass is 388 g/mol. The van der Waals surface area contributed by atoms with Crippen molar-refractivity contribution in [2.45, 2.75) is 50.5 Å². The van der Waals surface area contributed by atoms with E-state index in [0.29, 0.717) is 0 Å². The first-order chi connectivity index (χ1) is 12.8. The molecule has 2 aliphatic carbocycles. The van der Waals surface area contributed by atoms with Crippen LogP contribution in [0.25, 0.3) is 0 Å². The van der Waals surface area contributed by atoms with Crippen molar-refractivity contribution in [2.75, 3.05) is 5.32 Å². The molecule has 0 radical (unpaired) electrons. The summed E-state index contributed by atoms with van der Waals surface area (Å²) in [6.07, 6.45) is 6.86. The Kier molecular flexibility index (Phi) is 4.30. The van der Waals surface area contributed by atoms with Gasteiger partial charge in [0.15, 0.2) is 5.78 Å². The van der Waals surface area contributed by atoms with Gasteiger partial charge in [-0.15, -0.1) is 0 Å². The average Bonchev–Trinajstić information content (AvgIpc) is 3.34. The fourth-order valence-electron chi connectivity index (χ4n) is 3.92. The Hall–Kier alpha value is -2.61. The van der Waals surface area contributed by atoms with Gasteiger partial charge in [0.25, 0.3) is 10.0 Å². The number of amides is 2. The van der Waals surface area contributed by atoms with E-state index >= 15 is 0 Å². The third-order valence-corrected chi connectivity index (χ3v) is 6.38. The van der Waals surface area contributed by atoms with E-state index in [0.717, 1.165) is 67.7 Å². The number of Topliss-reactive ketones (excluding diaryl/α,β-unsaturated/α-hetero) is 1. The quantitative estimate of drug-likeness (QED) is 0.784. The van der Waals surface area contributed by atoms with Crippen molar-refractivity contribution in [3.63, 3.8) is 0 Å². The second-order valence-electron chi connectivity index (χ2n) is 7.00. The van der Waals surface area contributed by atoms with Crippen LogP contribution in [0, 0.1) is 0 Å². The standard InChI is InChI=1S/C19H20N2O5S/c1-11(22)14-9-17(26-10-14)27(24,25)21-19(23)20-18-15-6-2-4-12(15)8-13-5-3-7-16(13)18/h8-10H,2-7H2,1H3,(H2,20,21,23). The summed E-state index contributed by atoms with van der Waals surface area (Å²) >= 11 is 0. The highest BCUT2D eigenvalue weighted by molar-refractivity contribution is 7.89. The first kappa shape index (κ1) is 17.8. The lowest BCUT2D eigenvalue weighted by molar-refractivity contribution is 0.101. The third kappa shape index (κ3) is 3.25. The lowest BCUT2D eigenvalue weighted by atomic mass is 9.99. The maximum absolute atomic E-state index is 12.4. The van der Waals surface area contributed by atoms with Crippen molar-refractivity contribution >= 4 is 27.5 Å². The zero-order chi connectivity index (χ0) is 19.2. The highest BCUT2D eigenvalue weighted by atomic mass is 32.2. The number of aryl methyl sites for hydroxylation is 2. The minimum Gasteiger partial charge on any atom is -0.450 e. The summed E-state index contributed by atoms with van der Waals surface area (Å²) in [6.45, 7) is 1.30. The first-order valence-electron chi connectivity index (χ1n) is 8.95. The summed E-state index contributed by atoms with van der Waals surface area (Å²) in [5.74, 6) is -0.319. The Labute approximate surface area is 157 Å². The maximum atomic E-state index is 12.4. The van der Waals surface area contributed by atoms with Crippen molar-refractivity contribution in [1.29, 1.82) is 0 Å². The topological polar surface area (TPSA) is 105 Å². The van der Waals surface area contributed by atoms with Crippen molar-refractivity contribution in [3.05, 3.63) is 46.2 Å². The SMILES string of the molecule is CC(=O)c1coc(S(=O)(=O)NC(=O)Nc2c3c(cc4c2CCC4)CCC3)c1. The van der Waals surface area contributed by atoms with Crippen LogP contribution in [0.4, 0.5) is 10.5 Å². The normalized spacial score (nSPS) is 15.3. The van der Waals surface area contributed by atoms with Crippen LogP contribution in [0.3, 0.4) is 0 Å². The largest absolute Gasteiger partial charge is 0.450 e. The summed E-state index contributed by atoms with van der Waals surface area (Å²) < 4.78 is 31.6. The fourth-order valence-corrected chi connectivity index (χ4v) is 4.77. The number of hydrogen-bond donors (Lipinski definition) is 2. The predicted octanol–water partition coefficient (Wildman–Crippen LogP) is 2.97. The molecule has 1 aromatic heterocycles. The molecule has 0 saturated carbocycles. The highest BCUT2D eigenvalue weighted by Crippen LogP contribution is 2.38. The summed E-state index contributed by atoms with van der Waals surface area (Å²) in [4.78, 5) is 23.7. The van der Waals surface area contributed by atoms with E-state index < -0.39 is 21.1 Å². The second-order valence-corrected chi connectivity index (χ2v) is 8.62. The number of carbonyl (C=O) groups is 2. The fraction of sp³-hybridized carbons (Fsp3) is 0.368. The number of benzene rings is 1. The van der Waals surface area contributed by atoms with Gasteiger partial charge in [-0.2, -0.15) is 8.42 Å². The van der Waals surface area contributed by atoms with Crippen LogP contribution in [0.15, 0.2) is 27.9 Å². The highest BCUT2D eigenvalue weighted by Gasteiger charge is 2.27. The first-order valence-corrected chi connectivity index (χ1v) is 10.4. The molecule has 4 rings (SSSR count). The van der Waals surface area contributed by atoms with Gasteiger partial charge in [-0.05, 0) is 67.7 Å². The van der Waals surface area contributed by atoms with Crippen LogP contribution >= 0.6 is 0 Å². The molecule has 0 atom stereocenters. The van der Waals surface area contributed by atoms with E-state index in [2.05, 4.69) is 11.4 Å². The molecular weight excluding hydrogens is 368 g/mol. The Balaban J connectivity index is 1.57. The Morgan fingerprint density at radius 1 is 1.00 bits per heavy atom. The number of carbonyl (C=O) groups excluding carboxylic acids is 2. The Bertz CT molecular complexity index is 1020. The lowest BCUT2D eigenvalue weighted by Gasteiger charge is -2.16. The zero-order valence-electron chi connectivity index (χ0n) is 14.9. The number of ketones is 1. The number of anilines is 1. The molecule has 2 amide bonds. The van der Waals surface area contributed by atoms with Crippen LogP contribution in [-0.4, -0.2) is 20.2 Å². The number of furan rings is 1. The van der Waals surface area contributed by atoms with Gasteiger partial charge in [0, 0.05) is 11.8 Å². The molecule has 0 aliphatic heterocycles. The van der Waals surface area contributed by atoms with Crippen LogP contribution in [0.2, 0.25) is 0 Å². The van der Waals surface area contributed by atoms with Crippen molar-refractivity contribution in [3.8, 4) is 0 Å². The van der Waals surface area contributed by atoms with E-state index in [4.69, 9.17) is 4.42 Å². The van der Waals surface area contributed by atoms with Gasteiger partial charge in [-0.1, -0.05) is 6.07 Å². The summed E-state index contributed by atoms with van der Waals surface area (Å²) in [5.41, 5.74) is 5.60. The molecule has 7 nitrogen and oxygen atoms in total. The maximum Gasteiger partial charge on any atom is 0.333 e. The Morgan fingerprint density at radius 3 is 2.19 bits per heavy atom. The molecule has 1 aromatic carbocycles. The summed E-state index contributed by atoms with van der Waals surface area (Å²) in [6, 6.07) is 2.51. The molecule has 0 unspecified atom stereocenters. The van der Waals surface area contributed by atoms with Gasteiger partial charge in [0.2, 0.25) is 5.09 Å². The van der Waals surface area contributed by atoms with E-state index in [1.807, 2.05) is 4.72 Å². The van der Waals surface area contributed by atoms with Crippen molar-refractivity contribution in [2.24, 2.45) is 0 Å². The molecule has 0 fully saturated rings. The molecule has 1 heterocycles. The number of fused-ring (bicyclic) bond motifs is 2. The van der Waals surface area contributed by atoms with Crippen molar-refractivity contribution in [1.82, 2.24) is 4.72 Å². The van der Waals surface area contributed by atoms with Gasteiger partial charge in [0.05, 0.1) is 5.56 Å². The summed E-state index contributed by atoms with van der Waals surface area (Å²) in [7, 11) is -4.20. The van der Waals surface area contributed by atoms with E-state index in [9.17, 15) is 18.0 Å². The minimum absolute atomic E-state index is 0.134. The molecule has 2 N–H and O–H groups in total. The molecule has 2 aliphatic rings. The number of rotatable bonds is 4. The minimum atomic E-state index is -4.20. The summed E-state index contributed by atoms with van der Waals surface area (Å²) in [5, 5.41) is 2.29. The van der Waals surface area contributed by atoms with Gasteiger partial charge >= 0.3 is 6.03 Å². The predicted molar refractivity (Wildman–Crippen MR) is 98.5 cm³/mol. The number of sulfonamides is 1. The van der Waals surface area contributed by atoms with Crippen LogP contribution in [0.1, 0.15) is 52.4 Å². The Morgan fingerprint density at radius 2 is 1.63 bits per heavy atom. The van der Waals surface area contributed by atoms with Gasteiger partial charge in [0.1, 0.15) is 6.26 Å². The number of urea groups is 1. The average molecular weight is 388 g/mol. The van der Waals surface area contributed by atoms with E-state index in [1.54, 1.807) is 0 Å². The number of hydrogen-bond acceptors (Lipinski definition) is 5. The van der Waals surface area contributed by atoms with Gasteiger partial charge in [-0.25, -0.2) is 9.52 Å². The molecular formula is C19H20N2O5S.